The van der Waals surface area contributed by atoms with Gasteiger partial charge in [0.05, 0.1) is 17.0 Å². The van der Waals surface area contributed by atoms with Gasteiger partial charge in [-0.2, -0.15) is 0 Å². The molecule has 1 heterocycles. The molecule has 0 radical (unpaired) electrons. The van der Waals surface area contributed by atoms with Crippen molar-refractivity contribution in [2.75, 3.05) is 16.6 Å². The van der Waals surface area contributed by atoms with Crippen molar-refractivity contribution in [1.29, 1.82) is 0 Å². The fraction of sp³-hybridized carbons (Fsp3) is 0.308. The van der Waals surface area contributed by atoms with Gasteiger partial charge < -0.3 is 5.11 Å². The molecule has 1 aromatic rings. The fourth-order valence-electron chi connectivity index (χ4n) is 2.14. The molecule has 2 rings (SSSR count). The highest BCUT2D eigenvalue weighted by Gasteiger charge is 2.29. The number of anilines is 1. The summed E-state index contributed by atoms with van der Waals surface area (Å²) in [5, 5.41) is 8.92. The van der Waals surface area contributed by atoms with Gasteiger partial charge in [-0.3, -0.25) is 4.31 Å². The summed E-state index contributed by atoms with van der Waals surface area (Å²) in [5.41, 5.74) is 1.54. The predicted molar refractivity (Wildman–Crippen MR) is 73.1 cm³/mol. The summed E-state index contributed by atoms with van der Waals surface area (Å²) in [5.74, 6) is -0.979. The fourth-order valence-corrected chi connectivity index (χ4v) is 3.67. The number of sulfonamides is 1. The molecule has 0 saturated carbocycles. The molecule has 1 N–H and O–H groups in total. The molecule has 1 aliphatic heterocycles. The molecular weight excluding hydrogens is 266 g/mol. The minimum Gasteiger partial charge on any atom is -0.478 e. The Labute approximate surface area is 112 Å². The second-order valence-corrected chi connectivity index (χ2v) is 6.38. The zero-order valence-electron chi connectivity index (χ0n) is 10.4. The van der Waals surface area contributed by atoms with Crippen molar-refractivity contribution >= 4 is 21.7 Å². The summed E-state index contributed by atoms with van der Waals surface area (Å²) in [6.07, 6.45) is 2.52. The lowest BCUT2D eigenvalue weighted by molar-refractivity contribution is 0.0697. The third kappa shape index (κ3) is 2.63. The molecule has 0 aromatic heterocycles. The predicted octanol–water partition coefficient (Wildman–Crippen LogP) is 1.65. The molecule has 0 fully saturated rings. The van der Waals surface area contributed by atoms with Crippen molar-refractivity contribution in [2.24, 2.45) is 0 Å². The van der Waals surface area contributed by atoms with E-state index in [1.54, 1.807) is 18.2 Å². The summed E-state index contributed by atoms with van der Waals surface area (Å²) < 4.78 is 25.6. The van der Waals surface area contributed by atoms with Crippen LogP contribution in [0.3, 0.4) is 0 Å². The number of rotatable bonds is 5. The van der Waals surface area contributed by atoms with Gasteiger partial charge in [0.2, 0.25) is 10.0 Å². The summed E-state index contributed by atoms with van der Waals surface area (Å²) in [4.78, 5) is 10.9. The SMILES string of the molecule is C=CCCS(=O)(=O)N1CCc2cc(C(=O)O)ccc21. The number of carboxylic acid groups (broad SMARTS) is 1. The van der Waals surface area contributed by atoms with Crippen LogP contribution in [-0.2, 0) is 16.4 Å². The van der Waals surface area contributed by atoms with Crippen LogP contribution in [-0.4, -0.2) is 31.8 Å². The number of carbonyl (C=O) groups is 1. The average molecular weight is 281 g/mol. The largest absolute Gasteiger partial charge is 0.478 e. The first-order valence-corrected chi connectivity index (χ1v) is 7.54. The number of hydrogen-bond acceptors (Lipinski definition) is 3. The third-order valence-corrected chi connectivity index (χ3v) is 4.90. The van der Waals surface area contributed by atoms with Gasteiger partial charge in [0.15, 0.2) is 0 Å². The minimum atomic E-state index is -3.35. The highest BCUT2D eigenvalue weighted by atomic mass is 32.2. The third-order valence-electron chi connectivity index (χ3n) is 3.10. The first-order chi connectivity index (χ1) is 8.95. The Bertz CT molecular complexity index is 622. The first kappa shape index (κ1) is 13.6. The number of benzene rings is 1. The van der Waals surface area contributed by atoms with Gasteiger partial charge in [-0.15, -0.1) is 6.58 Å². The van der Waals surface area contributed by atoms with E-state index in [2.05, 4.69) is 6.58 Å². The maximum absolute atomic E-state index is 12.1. The highest BCUT2D eigenvalue weighted by molar-refractivity contribution is 7.92. The number of hydrogen-bond donors (Lipinski definition) is 1. The standard InChI is InChI=1S/C13H15NO4S/c1-2-3-8-19(17,18)14-7-6-10-9-11(13(15)16)4-5-12(10)14/h2,4-5,9H,1,3,6-8H2,(H,15,16). The van der Waals surface area contributed by atoms with Gasteiger partial charge in [-0.25, -0.2) is 13.2 Å². The van der Waals surface area contributed by atoms with Crippen LogP contribution in [0.1, 0.15) is 22.3 Å². The van der Waals surface area contributed by atoms with Crippen LogP contribution in [0.5, 0.6) is 0 Å². The molecule has 0 atom stereocenters. The maximum Gasteiger partial charge on any atom is 0.335 e. The minimum absolute atomic E-state index is 0.0244. The monoisotopic (exact) mass is 281 g/mol. The molecule has 0 saturated heterocycles. The Balaban J connectivity index is 2.32. The van der Waals surface area contributed by atoms with Crippen molar-refractivity contribution in [3.05, 3.63) is 42.0 Å². The molecular formula is C13H15NO4S. The van der Waals surface area contributed by atoms with E-state index in [-0.39, 0.29) is 11.3 Å². The van der Waals surface area contributed by atoms with Gasteiger partial charge >= 0.3 is 5.97 Å². The van der Waals surface area contributed by atoms with Crippen LogP contribution in [0.4, 0.5) is 5.69 Å². The van der Waals surface area contributed by atoms with Gasteiger partial charge in [0.1, 0.15) is 0 Å². The molecule has 19 heavy (non-hydrogen) atoms. The van der Waals surface area contributed by atoms with Crippen LogP contribution in [0, 0.1) is 0 Å². The van der Waals surface area contributed by atoms with Gasteiger partial charge in [-0.1, -0.05) is 6.08 Å². The molecule has 5 nitrogen and oxygen atoms in total. The van der Waals surface area contributed by atoms with E-state index in [9.17, 15) is 13.2 Å². The van der Waals surface area contributed by atoms with Gasteiger partial charge in [0, 0.05) is 6.54 Å². The van der Waals surface area contributed by atoms with E-state index in [0.29, 0.717) is 25.1 Å². The van der Waals surface area contributed by atoms with E-state index < -0.39 is 16.0 Å². The molecule has 0 bridgehead atoms. The van der Waals surface area contributed by atoms with E-state index in [1.807, 2.05) is 0 Å². The molecule has 0 amide bonds. The van der Waals surface area contributed by atoms with Crippen molar-refractivity contribution in [3.8, 4) is 0 Å². The second-order valence-electron chi connectivity index (χ2n) is 4.36. The van der Waals surface area contributed by atoms with Crippen LogP contribution in [0.15, 0.2) is 30.9 Å². The lowest BCUT2D eigenvalue weighted by Crippen LogP contribution is -2.31. The number of allylic oxidation sites excluding steroid dienone is 1. The molecule has 0 unspecified atom stereocenters. The van der Waals surface area contributed by atoms with E-state index in [4.69, 9.17) is 5.11 Å². The Kier molecular flexibility index (Phi) is 3.61. The smallest absolute Gasteiger partial charge is 0.335 e. The second kappa shape index (κ2) is 5.05. The van der Waals surface area contributed by atoms with Crippen LogP contribution in [0.25, 0.3) is 0 Å². The zero-order valence-corrected chi connectivity index (χ0v) is 11.2. The summed E-state index contributed by atoms with van der Waals surface area (Å²) in [6.45, 7) is 3.89. The highest BCUT2D eigenvalue weighted by Crippen LogP contribution is 2.31. The number of aromatic carboxylic acids is 1. The van der Waals surface area contributed by atoms with E-state index >= 15 is 0 Å². The summed E-state index contributed by atoms with van der Waals surface area (Å²) in [6, 6.07) is 4.54. The van der Waals surface area contributed by atoms with E-state index in [1.165, 1.54) is 10.4 Å². The first-order valence-electron chi connectivity index (χ1n) is 5.93. The number of carboxylic acids is 1. The summed E-state index contributed by atoms with van der Waals surface area (Å²) in [7, 11) is -3.35. The number of nitrogens with zero attached hydrogens (tertiary/aromatic N) is 1. The molecule has 0 aliphatic carbocycles. The zero-order chi connectivity index (χ0) is 14.0. The van der Waals surface area contributed by atoms with Crippen molar-refractivity contribution in [1.82, 2.24) is 0 Å². The molecule has 0 spiro atoms. The van der Waals surface area contributed by atoms with Crippen LogP contribution in [0.2, 0.25) is 0 Å². The average Bonchev–Trinajstić information content (AvgIpc) is 2.79. The van der Waals surface area contributed by atoms with Gasteiger partial charge in [-0.05, 0) is 36.6 Å². The number of fused-ring (bicyclic) bond motifs is 1. The topological polar surface area (TPSA) is 74.7 Å². The van der Waals surface area contributed by atoms with Crippen LogP contribution >= 0.6 is 0 Å². The van der Waals surface area contributed by atoms with Crippen LogP contribution < -0.4 is 4.31 Å². The normalized spacial score (nSPS) is 14.2. The Morgan fingerprint density at radius 3 is 2.84 bits per heavy atom. The van der Waals surface area contributed by atoms with E-state index in [0.717, 1.165) is 5.56 Å². The maximum atomic E-state index is 12.1. The van der Waals surface area contributed by atoms with Crippen molar-refractivity contribution in [3.63, 3.8) is 0 Å². The van der Waals surface area contributed by atoms with Crippen molar-refractivity contribution < 1.29 is 18.3 Å². The lowest BCUT2D eigenvalue weighted by Gasteiger charge is -2.19. The van der Waals surface area contributed by atoms with Crippen molar-refractivity contribution in [2.45, 2.75) is 12.8 Å². The Hall–Kier alpha value is -1.82. The lowest BCUT2D eigenvalue weighted by atomic mass is 10.1. The van der Waals surface area contributed by atoms with Gasteiger partial charge in [0.25, 0.3) is 0 Å². The molecule has 102 valence electrons. The quantitative estimate of drug-likeness (QED) is 0.833. The Morgan fingerprint density at radius 1 is 1.47 bits per heavy atom. The molecule has 1 aliphatic rings. The summed E-state index contributed by atoms with van der Waals surface area (Å²) >= 11 is 0. The molecule has 1 aromatic carbocycles. The Morgan fingerprint density at radius 2 is 2.21 bits per heavy atom. The molecule has 6 heteroatoms.